The zero-order valence-electron chi connectivity index (χ0n) is 16.0. The van der Waals surface area contributed by atoms with Crippen LogP contribution < -0.4 is 14.2 Å². The third-order valence-electron chi connectivity index (χ3n) is 4.57. The molecule has 0 aliphatic rings. The van der Waals surface area contributed by atoms with Crippen LogP contribution in [0.25, 0.3) is 11.0 Å². The van der Waals surface area contributed by atoms with E-state index >= 15 is 0 Å². The van der Waals surface area contributed by atoms with E-state index in [0.717, 1.165) is 16.9 Å². The molecule has 0 N–H and O–H groups in total. The Morgan fingerprint density at radius 1 is 0.828 bits per heavy atom. The zero-order chi connectivity index (χ0) is 20.1. The molecule has 0 aliphatic carbocycles. The van der Waals surface area contributed by atoms with Crippen molar-refractivity contribution >= 4 is 22.6 Å². The van der Waals surface area contributed by atoms with E-state index < -0.39 is 0 Å². The molecule has 5 nitrogen and oxygen atoms in total. The largest absolute Gasteiger partial charge is 0.493 e. The van der Waals surface area contributed by atoms with Crippen LogP contribution >= 0.6 is 11.6 Å². The first-order valence-electron chi connectivity index (χ1n) is 9.33. The Morgan fingerprint density at radius 3 is 2.31 bits per heavy atom. The predicted octanol–water partition coefficient (Wildman–Crippen LogP) is 5.36. The maximum absolute atomic E-state index is 6.20. The van der Waals surface area contributed by atoms with Gasteiger partial charge in [0.25, 0.3) is 0 Å². The first kappa shape index (κ1) is 19.2. The Bertz CT molecular complexity index is 1110. The fraction of sp³-hybridized carbons (Fsp3) is 0.174. The van der Waals surface area contributed by atoms with Crippen molar-refractivity contribution in [3.05, 3.63) is 83.6 Å². The van der Waals surface area contributed by atoms with Gasteiger partial charge >= 0.3 is 0 Å². The highest BCUT2D eigenvalue weighted by atomic mass is 35.5. The Hall–Kier alpha value is -3.18. The average molecular weight is 409 g/mol. The number of hydrogen-bond donors (Lipinski definition) is 0. The van der Waals surface area contributed by atoms with E-state index in [9.17, 15) is 0 Å². The van der Waals surface area contributed by atoms with Crippen LogP contribution in [0.15, 0.2) is 72.8 Å². The van der Waals surface area contributed by atoms with Gasteiger partial charge in [-0.1, -0.05) is 48.0 Å². The molecule has 1 heterocycles. The number of hydrogen-bond acceptors (Lipinski definition) is 4. The Kier molecular flexibility index (Phi) is 5.86. The fourth-order valence-electron chi connectivity index (χ4n) is 3.17. The van der Waals surface area contributed by atoms with Crippen LogP contribution in [-0.2, 0) is 13.2 Å². The van der Waals surface area contributed by atoms with Crippen LogP contribution in [0, 0.1) is 0 Å². The van der Waals surface area contributed by atoms with Gasteiger partial charge in [-0.2, -0.15) is 0 Å². The molecule has 0 saturated heterocycles. The fourth-order valence-corrected chi connectivity index (χ4v) is 3.36. The second kappa shape index (κ2) is 8.88. The second-order valence-corrected chi connectivity index (χ2v) is 6.79. The Morgan fingerprint density at radius 2 is 1.52 bits per heavy atom. The highest BCUT2D eigenvalue weighted by Gasteiger charge is 2.12. The van der Waals surface area contributed by atoms with Gasteiger partial charge in [0.2, 0.25) is 0 Å². The van der Waals surface area contributed by atoms with Crippen LogP contribution in [0.1, 0.15) is 5.82 Å². The van der Waals surface area contributed by atoms with Crippen molar-refractivity contribution in [3.63, 3.8) is 0 Å². The van der Waals surface area contributed by atoms with E-state index in [4.69, 9.17) is 30.8 Å². The van der Waals surface area contributed by atoms with Crippen molar-refractivity contribution in [2.24, 2.45) is 0 Å². The van der Waals surface area contributed by atoms with E-state index in [2.05, 4.69) is 4.57 Å². The molecule has 4 aromatic rings. The van der Waals surface area contributed by atoms with E-state index in [1.165, 1.54) is 0 Å². The van der Waals surface area contributed by atoms with Crippen molar-refractivity contribution in [1.29, 1.82) is 0 Å². The molecule has 0 aliphatic heterocycles. The van der Waals surface area contributed by atoms with Crippen LogP contribution in [0.4, 0.5) is 0 Å². The minimum Gasteiger partial charge on any atom is -0.493 e. The third kappa shape index (κ3) is 4.30. The normalized spacial score (nSPS) is 10.8. The monoisotopic (exact) mass is 408 g/mol. The molecular formula is C23H21ClN2O3. The molecule has 0 spiro atoms. The minimum absolute atomic E-state index is 0.313. The molecule has 0 saturated carbocycles. The van der Waals surface area contributed by atoms with Gasteiger partial charge in [0, 0.05) is 0 Å². The highest BCUT2D eigenvalue weighted by Crippen LogP contribution is 2.27. The number of methoxy groups -OCH3 is 1. The van der Waals surface area contributed by atoms with Gasteiger partial charge in [-0.25, -0.2) is 4.98 Å². The quantitative estimate of drug-likeness (QED) is 0.394. The number of aromatic nitrogens is 2. The molecule has 3 aromatic carbocycles. The van der Waals surface area contributed by atoms with E-state index in [-0.39, 0.29) is 0 Å². The second-order valence-electron chi connectivity index (χ2n) is 6.39. The van der Waals surface area contributed by atoms with Gasteiger partial charge in [-0.3, -0.25) is 0 Å². The van der Waals surface area contributed by atoms with Gasteiger partial charge < -0.3 is 18.8 Å². The van der Waals surface area contributed by atoms with Gasteiger partial charge in [0.1, 0.15) is 24.8 Å². The van der Waals surface area contributed by atoms with Gasteiger partial charge in [-0.05, 0) is 36.4 Å². The summed E-state index contributed by atoms with van der Waals surface area (Å²) in [5.74, 6) is 2.88. The summed E-state index contributed by atoms with van der Waals surface area (Å²) in [4.78, 5) is 4.73. The predicted molar refractivity (Wildman–Crippen MR) is 114 cm³/mol. The van der Waals surface area contributed by atoms with Crippen molar-refractivity contribution in [2.45, 2.75) is 13.2 Å². The molecular weight excluding hydrogens is 388 g/mol. The third-order valence-corrected chi connectivity index (χ3v) is 4.88. The minimum atomic E-state index is 0.313. The van der Waals surface area contributed by atoms with Gasteiger partial charge in [-0.15, -0.1) is 0 Å². The lowest BCUT2D eigenvalue weighted by Crippen LogP contribution is -2.13. The Labute approximate surface area is 174 Å². The molecule has 6 heteroatoms. The van der Waals surface area contributed by atoms with Crippen molar-refractivity contribution in [3.8, 4) is 17.2 Å². The summed E-state index contributed by atoms with van der Waals surface area (Å²) in [5.41, 5.74) is 1.96. The van der Waals surface area contributed by atoms with Crippen LogP contribution in [0.2, 0.25) is 5.02 Å². The van der Waals surface area contributed by atoms with Gasteiger partial charge in [0.15, 0.2) is 11.5 Å². The van der Waals surface area contributed by atoms with E-state index in [0.29, 0.717) is 42.0 Å². The van der Waals surface area contributed by atoms with Crippen LogP contribution in [0.5, 0.6) is 17.2 Å². The number of nitrogens with zero attached hydrogens (tertiary/aromatic N) is 2. The summed E-state index contributed by atoms with van der Waals surface area (Å²) in [6.07, 6.45) is 0. The summed E-state index contributed by atoms with van der Waals surface area (Å²) >= 11 is 6.20. The summed E-state index contributed by atoms with van der Waals surface area (Å²) in [6, 6.07) is 23.1. The summed E-state index contributed by atoms with van der Waals surface area (Å²) in [6.45, 7) is 1.41. The number of imidazole rings is 1. The molecule has 1 aromatic heterocycles. The number of para-hydroxylation sites is 5. The molecule has 0 bridgehead atoms. The molecule has 0 fully saturated rings. The lowest BCUT2D eigenvalue weighted by Gasteiger charge is -2.13. The Balaban J connectivity index is 1.53. The van der Waals surface area contributed by atoms with E-state index in [1.54, 1.807) is 13.2 Å². The average Bonchev–Trinajstić information content (AvgIpc) is 3.11. The maximum Gasteiger partial charge on any atom is 0.161 e. The SMILES string of the molecule is COc1ccccc1OCCn1c(COc2ccccc2Cl)nc2ccccc21. The number of ether oxygens (including phenoxy) is 3. The van der Waals surface area contributed by atoms with Crippen molar-refractivity contribution in [1.82, 2.24) is 9.55 Å². The van der Waals surface area contributed by atoms with Crippen LogP contribution in [-0.4, -0.2) is 23.3 Å². The maximum atomic E-state index is 6.20. The van der Waals surface area contributed by atoms with Gasteiger partial charge in [0.05, 0.1) is 29.7 Å². The smallest absolute Gasteiger partial charge is 0.161 e. The summed E-state index contributed by atoms with van der Waals surface area (Å²) in [7, 11) is 1.63. The molecule has 0 amide bonds. The molecule has 0 radical (unpaired) electrons. The molecule has 0 unspecified atom stereocenters. The molecule has 148 valence electrons. The lowest BCUT2D eigenvalue weighted by molar-refractivity contribution is 0.265. The standard InChI is InChI=1S/C23H21ClN2O3/c1-27-21-12-6-7-13-22(21)28-15-14-26-19-10-4-3-9-18(19)25-23(26)16-29-20-11-5-2-8-17(20)24/h2-13H,14-16H2,1H3. The molecule has 29 heavy (non-hydrogen) atoms. The van der Waals surface area contributed by atoms with E-state index in [1.807, 2.05) is 66.7 Å². The summed E-state index contributed by atoms with van der Waals surface area (Å²) < 4.78 is 19.3. The van der Waals surface area contributed by atoms with Crippen molar-refractivity contribution < 1.29 is 14.2 Å². The van der Waals surface area contributed by atoms with Crippen LogP contribution in [0.3, 0.4) is 0 Å². The lowest BCUT2D eigenvalue weighted by atomic mass is 10.3. The first-order valence-corrected chi connectivity index (χ1v) is 9.71. The zero-order valence-corrected chi connectivity index (χ0v) is 16.8. The molecule has 0 atom stereocenters. The number of rotatable bonds is 8. The summed E-state index contributed by atoms with van der Waals surface area (Å²) in [5, 5.41) is 0.578. The first-order chi connectivity index (χ1) is 14.3. The number of fused-ring (bicyclic) bond motifs is 1. The highest BCUT2D eigenvalue weighted by molar-refractivity contribution is 6.32. The molecule has 4 rings (SSSR count). The number of benzene rings is 3. The number of halogens is 1. The topological polar surface area (TPSA) is 45.5 Å². The van der Waals surface area contributed by atoms with Crippen molar-refractivity contribution in [2.75, 3.05) is 13.7 Å².